The van der Waals surface area contributed by atoms with Crippen LogP contribution in [0.1, 0.15) is 31.2 Å². The third-order valence-corrected chi connectivity index (χ3v) is 5.88. The van der Waals surface area contributed by atoms with Gasteiger partial charge in [0.15, 0.2) is 0 Å². The molecular formula is C24H25N5O2. The number of rotatable bonds is 5. The van der Waals surface area contributed by atoms with Crippen LogP contribution in [0, 0.1) is 6.92 Å². The number of carbonyl (C=O) groups excluding carboxylic acids is 1. The Labute approximate surface area is 180 Å². The summed E-state index contributed by atoms with van der Waals surface area (Å²) in [4.78, 5) is 23.5. The van der Waals surface area contributed by atoms with Gasteiger partial charge in [0.2, 0.25) is 11.7 Å². The SMILES string of the molecule is Cc1ccc(-c2nc(-c3ccc4c(c3)ncn4CCC(=O)N3CCCCC3)no2)cc1. The second-order valence-corrected chi connectivity index (χ2v) is 8.12. The number of aromatic nitrogens is 4. The maximum Gasteiger partial charge on any atom is 0.258 e. The highest BCUT2D eigenvalue weighted by Crippen LogP contribution is 2.25. The van der Waals surface area contributed by atoms with Crippen LogP contribution in [-0.2, 0) is 11.3 Å². The van der Waals surface area contributed by atoms with E-state index >= 15 is 0 Å². The Morgan fingerprint density at radius 3 is 2.61 bits per heavy atom. The van der Waals surface area contributed by atoms with Gasteiger partial charge in [0.25, 0.3) is 5.89 Å². The van der Waals surface area contributed by atoms with Gasteiger partial charge in [-0.3, -0.25) is 4.79 Å². The number of nitrogens with zero attached hydrogens (tertiary/aromatic N) is 5. The Morgan fingerprint density at radius 1 is 1.03 bits per heavy atom. The van der Waals surface area contributed by atoms with Crippen molar-refractivity contribution in [1.29, 1.82) is 0 Å². The van der Waals surface area contributed by atoms with Gasteiger partial charge < -0.3 is 14.0 Å². The lowest BCUT2D eigenvalue weighted by Crippen LogP contribution is -2.35. The Balaban J connectivity index is 1.31. The second kappa shape index (κ2) is 8.34. The molecule has 31 heavy (non-hydrogen) atoms. The van der Waals surface area contributed by atoms with Gasteiger partial charge in [-0.2, -0.15) is 4.98 Å². The van der Waals surface area contributed by atoms with E-state index in [1.54, 1.807) is 6.33 Å². The van der Waals surface area contributed by atoms with E-state index < -0.39 is 0 Å². The summed E-state index contributed by atoms with van der Waals surface area (Å²) in [5.74, 6) is 1.26. The third-order valence-electron chi connectivity index (χ3n) is 5.88. The molecule has 0 unspecified atom stereocenters. The number of hydrogen-bond acceptors (Lipinski definition) is 5. The summed E-state index contributed by atoms with van der Waals surface area (Å²) < 4.78 is 7.49. The molecule has 0 atom stereocenters. The summed E-state index contributed by atoms with van der Waals surface area (Å²) >= 11 is 0. The van der Waals surface area contributed by atoms with Crippen molar-refractivity contribution < 1.29 is 9.32 Å². The highest BCUT2D eigenvalue weighted by atomic mass is 16.5. The van der Waals surface area contributed by atoms with Crippen LogP contribution in [0.3, 0.4) is 0 Å². The number of aryl methyl sites for hydroxylation is 2. The van der Waals surface area contributed by atoms with Crippen molar-refractivity contribution in [2.75, 3.05) is 13.1 Å². The smallest absolute Gasteiger partial charge is 0.258 e. The number of carbonyl (C=O) groups is 1. The van der Waals surface area contributed by atoms with Crippen molar-refractivity contribution in [1.82, 2.24) is 24.6 Å². The maximum absolute atomic E-state index is 12.5. The molecule has 1 saturated heterocycles. The highest BCUT2D eigenvalue weighted by Gasteiger charge is 2.17. The standard InChI is InChI=1S/C24H25N5O2/c1-17-5-7-18(8-6-17)24-26-23(27-31-24)19-9-10-21-20(15-19)25-16-29(21)14-11-22(30)28-12-3-2-4-13-28/h5-10,15-16H,2-4,11-14H2,1H3. The Kier molecular flexibility index (Phi) is 5.24. The van der Waals surface area contributed by atoms with Gasteiger partial charge in [0, 0.05) is 37.2 Å². The van der Waals surface area contributed by atoms with Crippen LogP contribution < -0.4 is 0 Å². The molecule has 0 saturated carbocycles. The molecule has 0 bridgehead atoms. The fourth-order valence-corrected chi connectivity index (χ4v) is 4.05. The quantitative estimate of drug-likeness (QED) is 0.481. The summed E-state index contributed by atoms with van der Waals surface area (Å²) in [6.07, 6.45) is 5.75. The van der Waals surface area contributed by atoms with E-state index in [2.05, 4.69) is 15.1 Å². The Morgan fingerprint density at radius 2 is 1.81 bits per heavy atom. The summed E-state index contributed by atoms with van der Waals surface area (Å²) in [6, 6.07) is 13.9. The van der Waals surface area contributed by atoms with Crippen LogP contribution in [0.4, 0.5) is 0 Å². The van der Waals surface area contributed by atoms with E-state index in [-0.39, 0.29) is 5.91 Å². The molecule has 0 spiro atoms. The minimum absolute atomic E-state index is 0.230. The zero-order chi connectivity index (χ0) is 21.2. The molecular weight excluding hydrogens is 390 g/mol. The fraction of sp³-hybridized carbons (Fsp3) is 0.333. The first-order chi connectivity index (χ1) is 15.2. The molecule has 7 nitrogen and oxygen atoms in total. The second-order valence-electron chi connectivity index (χ2n) is 8.12. The molecule has 7 heteroatoms. The van der Waals surface area contributed by atoms with Gasteiger partial charge in [-0.15, -0.1) is 0 Å². The summed E-state index contributed by atoms with van der Waals surface area (Å²) in [5.41, 5.74) is 4.78. The maximum atomic E-state index is 12.5. The molecule has 158 valence electrons. The first kappa shape index (κ1) is 19.5. The average molecular weight is 415 g/mol. The molecule has 0 N–H and O–H groups in total. The van der Waals surface area contributed by atoms with Crippen LogP contribution >= 0.6 is 0 Å². The normalized spacial score (nSPS) is 14.3. The predicted octanol–water partition coefficient (Wildman–Crippen LogP) is 4.46. The van der Waals surface area contributed by atoms with Gasteiger partial charge in [0.05, 0.1) is 17.4 Å². The lowest BCUT2D eigenvalue weighted by molar-refractivity contribution is -0.132. The lowest BCUT2D eigenvalue weighted by atomic mass is 10.1. The summed E-state index contributed by atoms with van der Waals surface area (Å²) in [7, 11) is 0. The van der Waals surface area contributed by atoms with Crippen molar-refractivity contribution in [2.45, 2.75) is 39.2 Å². The topological polar surface area (TPSA) is 77.1 Å². The monoisotopic (exact) mass is 415 g/mol. The van der Waals surface area contributed by atoms with E-state index in [1.165, 1.54) is 12.0 Å². The molecule has 0 aliphatic carbocycles. The Hall–Kier alpha value is -3.48. The number of amides is 1. The largest absolute Gasteiger partial charge is 0.343 e. The van der Waals surface area contributed by atoms with Crippen LogP contribution in [0.25, 0.3) is 33.9 Å². The third kappa shape index (κ3) is 4.08. The van der Waals surface area contributed by atoms with Crippen LogP contribution in [0.5, 0.6) is 0 Å². The van der Waals surface area contributed by atoms with Gasteiger partial charge in [-0.05, 0) is 56.5 Å². The minimum atomic E-state index is 0.230. The van der Waals surface area contributed by atoms with Crippen LogP contribution in [-0.4, -0.2) is 43.6 Å². The van der Waals surface area contributed by atoms with Crippen molar-refractivity contribution in [2.24, 2.45) is 0 Å². The summed E-state index contributed by atoms with van der Waals surface area (Å²) in [5, 5.41) is 4.14. The van der Waals surface area contributed by atoms with Crippen molar-refractivity contribution in [3.63, 3.8) is 0 Å². The van der Waals surface area contributed by atoms with Gasteiger partial charge >= 0.3 is 0 Å². The highest BCUT2D eigenvalue weighted by molar-refractivity contribution is 5.81. The fourth-order valence-electron chi connectivity index (χ4n) is 4.05. The lowest BCUT2D eigenvalue weighted by Gasteiger charge is -2.26. The molecule has 1 aliphatic rings. The number of benzene rings is 2. The van der Waals surface area contributed by atoms with Crippen molar-refractivity contribution in [3.8, 4) is 22.8 Å². The predicted molar refractivity (Wildman–Crippen MR) is 118 cm³/mol. The molecule has 1 fully saturated rings. The van der Waals surface area contributed by atoms with Gasteiger partial charge in [-0.25, -0.2) is 4.98 Å². The first-order valence-corrected chi connectivity index (χ1v) is 10.8. The molecule has 1 amide bonds. The number of imidazole rings is 1. The van der Waals surface area contributed by atoms with Gasteiger partial charge in [-0.1, -0.05) is 22.9 Å². The van der Waals surface area contributed by atoms with Crippen molar-refractivity contribution in [3.05, 3.63) is 54.4 Å². The van der Waals surface area contributed by atoms with Crippen LogP contribution in [0.15, 0.2) is 53.3 Å². The van der Waals surface area contributed by atoms with E-state index in [0.29, 0.717) is 24.7 Å². The number of hydrogen-bond donors (Lipinski definition) is 0. The van der Waals surface area contributed by atoms with E-state index in [0.717, 1.165) is 48.1 Å². The van der Waals surface area contributed by atoms with Crippen LogP contribution in [0.2, 0.25) is 0 Å². The minimum Gasteiger partial charge on any atom is -0.343 e. The van der Waals surface area contributed by atoms with E-state index in [4.69, 9.17) is 4.52 Å². The van der Waals surface area contributed by atoms with Crippen molar-refractivity contribution >= 4 is 16.9 Å². The number of fused-ring (bicyclic) bond motifs is 1. The van der Waals surface area contributed by atoms with E-state index in [9.17, 15) is 4.79 Å². The first-order valence-electron chi connectivity index (χ1n) is 10.8. The average Bonchev–Trinajstić information content (AvgIpc) is 3.46. The number of piperidine rings is 1. The number of likely N-dealkylation sites (tertiary alicyclic amines) is 1. The zero-order valence-corrected chi connectivity index (χ0v) is 17.6. The van der Waals surface area contributed by atoms with Gasteiger partial charge in [0.1, 0.15) is 0 Å². The molecule has 2 aromatic carbocycles. The Bertz CT molecular complexity index is 1200. The molecule has 5 rings (SSSR count). The molecule has 3 heterocycles. The molecule has 1 aliphatic heterocycles. The van der Waals surface area contributed by atoms with E-state index in [1.807, 2.05) is 58.9 Å². The molecule has 0 radical (unpaired) electrons. The molecule has 2 aromatic heterocycles. The molecule has 4 aromatic rings. The zero-order valence-electron chi connectivity index (χ0n) is 17.6. The summed E-state index contributed by atoms with van der Waals surface area (Å²) in [6.45, 7) is 4.45.